The van der Waals surface area contributed by atoms with Gasteiger partial charge in [-0.15, -0.1) is 23.2 Å². The van der Waals surface area contributed by atoms with Crippen molar-refractivity contribution in [2.24, 2.45) is 0 Å². The Morgan fingerprint density at radius 3 is 2.00 bits per heavy atom. The van der Waals surface area contributed by atoms with Crippen molar-refractivity contribution in [1.29, 1.82) is 0 Å². The van der Waals surface area contributed by atoms with E-state index in [9.17, 15) is 0 Å². The zero-order chi connectivity index (χ0) is 8.10. The number of hydrogen-bond acceptors (Lipinski definition) is 0. The van der Waals surface area contributed by atoms with Crippen molar-refractivity contribution in [3.63, 3.8) is 0 Å². The molecule has 0 radical (unpaired) electrons. The molecule has 0 heterocycles. The summed E-state index contributed by atoms with van der Waals surface area (Å²) >= 11 is 11.6. The lowest BCUT2D eigenvalue weighted by atomic mass is 10.4. The van der Waals surface area contributed by atoms with Crippen molar-refractivity contribution < 1.29 is 0 Å². The van der Waals surface area contributed by atoms with Crippen LogP contribution >= 0.6 is 23.2 Å². The summed E-state index contributed by atoms with van der Waals surface area (Å²) in [6, 6.07) is 10.3. The van der Waals surface area contributed by atoms with Gasteiger partial charge in [-0.2, -0.15) is 0 Å². The van der Waals surface area contributed by atoms with Gasteiger partial charge in [0.1, 0.15) is 8.80 Å². The third-order valence-corrected chi connectivity index (χ3v) is 5.95. The summed E-state index contributed by atoms with van der Waals surface area (Å²) in [6.07, 6.45) is 0. The molecule has 0 amide bonds. The van der Waals surface area contributed by atoms with Gasteiger partial charge in [0.15, 0.2) is 0 Å². The lowest BCUT2D eigenvalue weighted by Crippen LogP contribution is -2.34. The van der Waals surface area contributed by atoms with Gasteiger partial charge >= 0.3 is 0 Å². The monoisotopic (exact) mass is 204 g/mol. The summed E-state index contributed by atoms with van der Waals surface area (Å²) in [6.45, 7) is 0. The van der Waals surface area contributed by atoms with E-state index in [2.05, 4.69) is 12.1 Å². The summed E-state index contributed by atoms with van der Waals surface area (Å²) < 4.78 is 0. The van der Waals surface area contributed by atoms with E-state index < -0.39 is 8.80 Å². The number of hydrogen-bond donors (Lipinski definition) is 0. The van der Waals surface area contributed by atoms with Gasteiger partial charge in [-0.05, 0) is 0 Å². The molecule has 0 aliphatic carbocycles. The Kier molecular flexibility index (Phi) is 3.98. The number of rotatable bonds is 3. The molecule has 0 nitrogen and oxygen atoms in total. The smallest absolute Gasteiger partial charge is 0.102 e. The predicted molar refractivity (Wildman–Crippen MR) is 54.7 cm³/mol. The summed E-state index contributed by atoms with van der Waals surface area (Å²) in [5, 5.41) is 1.36. The first-order valence-corrected chi connectivity index (χ1v) is 6.83. The van der Waals surface area contributed by atoms with Crippen molar-refractivity contribution in [1.82, 2.24) is 0 Å². The fourth-order valence-corrected chi connectivity index (χ4v) is 4.21. The lowest BCUT2D eigenvalue weighted by molar-refractivity contribution is 1.72. The first-order chi connectivity index (χ1) is 5.38. The molecule has 0 saturated carbocycles. The standard InChI is InChI=1S/C8H10Cl2Si/c9-6-11(7-10)8-4-2-1-3-5-8/h1-5,11H,6-7H2. The second kappa shape index (κ2) is 4.81. The quantitative estimate of drug-likeness (QED) is 0.520. The van der Waals surface area contributed by atoms with E-state index in [0.717, 1.165) is 11.0 Å². The minimum Gasteiger partial charge on any atom is -0.130 e. The van der Waals surface area contributed by atoms with Crippen molar-refractivity contribution >= 4 is 37.2 Å². The first-order valence-electron chi connectivity index (χ1n) is 3.55. The van der Waals surface area contributed by atoms with Crippen LogP contribution in [0.1, 0.15) is 0 Å². The molecule has 1 aromatic carbocycles. The minimum atomic E-state index is -1.02. The average molecular weight is 205 g/mol. The molecule has 0 bridgehead atoms. The van der Waals surface area contributed by atoms with Gasteiger partial charge in [-0.1, -0.05) is 35.5 Å². The fourth-order valence-electron chi connectivity index (χ4n) is 0.945. The molecule has 1 aromatic rings. The highest BCUT2D eigenvalue weighted by Gasteiger charge is 2.09. The summed E-state index contributed by atoms with van der Waals surface area (Å²) in [5.74, 6) is 0. The molecular formula is C8H10Cl2Si. The molecule has 0 atom stereocenters. The predicted octanol–water partition coefficient (Wildman–Crippen LogP) is 1.68. The Labute approximate surface area is 78.7 Å². The molecule has 0 aromatic heterocycles. The van der Waals surface area contributed by atoms with Crippen molar-refractivity contribution in [3.05, 3.63) is 30.3 Å². The second-order valence-electron chi connectivity index (χ2n) is 2.42. The maximum Gasteiger partial charge on any atom is 0.102 e. The molecule has 0 aliphatic heterocycles. The topological polar surface area (TPSA) is 0 Å². The highest BCUT2D eigenvalue weighted by atomic mass is 35.5. The zero-order valence-electron chi connectivity index (χ0n) is 6.13. The Morgan fingerprint density at radius 2 is 1.55 bits per heavy atom. The van der Waals surface area contributed by atoms with Gasteiger partial charge in [-0.3, -0.25) is 0 Å². The maximum absolute atomic E-state index is 5.78. The second-order valence-corrected chi connectivity index (χ2v) is 6.95. The van der Waals surface area contributed by atoms with Crippen molar-refractivity contribution in [2.75, 3.05) is 11.0 Å². The Bertz CT molecular complexity index is 197. The molecule has 0 aliphatic rings. The average Bonchev–Trinajstić information content (AvgIpc) is 2.09. The van der Waals surface area contributed by atoms with Crippen LogP contribution in [0.3, 0.4) is 0 Å². The van der Waals surface area contributed by atoms with E-state index in [1.165, 1.54) is 5.19 Å². The summed E-state index contributed by atoms with van der Waals surface area (Å²) in [5.41, 5.74) is 1.46. The Morgan fingerprint density at radius 1 is 1.00 bits per heavy atom. The van der Waals surface area contributed by atoms with E-state index in [4.69, 9.17) is 23.2 Å². The summed E-state index contributed by atoms with van der Waals surface area (Å²) in [4.78, 5) is 0. The van der Waals surface area contributed by atoms with Crippen molar-refractivity contribution in [2.45, 2.75) is 0 Å². The van der Waals surface area contributed by atoms with Crippen LogP contribution in [0.2, 0.25) is 0 Å². The van der Waals surface area contributed by atoms with Crippen LogP contribution in [0.5, 0.6) is 0 Å². The zero-order valence-corrected chi connectivity index (χ0v) is 8.80. The molecule has 0 N–H and O–H groups in total. The number of benzene rings is 1. The van der Waals surface area contributed by atoms with Gasteiger partial charge in [0.05, 0.1) is 0 Å². The van der Waals surface area contributed by atoms with E-state index in [-0.39, 0.29) is 0 Å². The van der Waals surface area contributed by atoms with Gasteiger partial charge in [0.2, 0.25) is 0 Å². The van der Waals surface area contributed by atoms with E-state index in [1.807, 2.05) is 18.2 Å². The Balaban J connectivity index is 2.74. The highest BCUT2D eigenvalue weighted by molar-refractivity contribution is 6.83. The van der Waals surface area contributed by atoms with Gasteiger partial charge in [-0.25, -0.2) is 0 Å². The normalized spacial score (nSPS) is 10.5. The van der Waals surface area contributed by atoms with Crippen LogP contribution in [0, 0.1) is 0 Å². The molecule has 1 rings (SSSR count). The Hall–Kier alpha value is 0.0169. The van der Waals surface area contributed by atoms with Crippen LogP contribution in [0.4, 0.5) is 0 Å². The fraction of sp³-hybridized carbons (Fsp3) is 0.250. The van der Waals surface area contributed by atoms with E-state index >= 15 is 0 Å². The SMILES string of the molecule is ClC[SiH](CCl)c1ccccc1. The lowest BCUT2D eigenvalue weighted by Gasteiger charge is -2.06. The van der Waals surface area contributed by atoms with E-state index in [0.29, 0.717) is 0 Å². The van der Waals surface area contributed by atoms with Crippen LogP contribution in [0.15, 0.2) is 30.3 Å². The minimum absolute atomic E-state index is 0.730. The molecule has 0 unspecified atom stereocenters. The van der Waals surface area contributed by atoms with Crippen LogP contribution in [0.25, 0.3) is 0 Å². The van der Waals surface area contributed by atoms with Gasteiger partial charge < -0.3 is 0 Å². The maximum atomic E-state index is 5.78. The molecule has 0 spiro atoms. The third-order valence-electron chi connectivity index (χ3n) is 1.64. The molecular weight excluding hydrogens is 195 g/mol. The number of alkyl halides is 2. The molecule has 3 heteroatoms. The molecule has 0 fully saturated rings. The van der Waals surface area contributed by atoms with E-state index in [1.54, 1.807) is 0 Å². The van der Waals surface area contributed by atoms with Crippen LogP contribution < -0.4 is 5.19 Å². The number of halogens is 2. The third kappa shape index (κ3) is 2.51. The molecule has 60 valence electrons. The highest BCUT2D eigenvalue weighted by Crippen LogP contribution is 1.93. The van der Waals surface area contributed by atoms with Crippen molar-refractivity contribution in [3.8, 4) is 0 Å². The van der Waals surface area contributed by atoms with Gasteiger partial charge in [0.25, 0.3) is 0 Å². The van der Waals surface area contributed by atoms with Crippen LogP contribution in [-0.4, -0.2) is 19.8 Å². The summed E-state index contributed by atoms with van der Waals surface area (Å²) in [7, 11) is -1.02. The van der Waals surface area contributed by atoms with Gasteiger partial charge in [0, 0.05) is 11.0 Å². The molecule has 11 heavy (non-hydrogen) atoms. The first kappa shape index (κ1) is 9.11. The molecule has 0 saturated heterocycles. The largest absolute Gasteiger partial charge is 0.130 e. The van der Waals surface area contributed by atoms with Crippen LogP contribution in [-0.2, 0) is 0 Å².